The van der Waals surface area contributed by atoms with Crippen LogP contribution >= 0.6 is 8.19 Å². The number of benzene rings is 2. The highest BCUT2D eigenvalue weighted by molar-refractivity contribution is 7.43. The minimum Gasteiger partial charge on any atom is -0.123 e. The van der Waals surface area contributed by atoms with Gasteiger partial charge in [-0.1, -0.05) is 60.7 Å². The summed E-state index contributed by atoms with van der Waals surface area (Å²) in [6.07, 6.45) is 9.29. The summed E-state index contributed by atoms with van der Waals surface area (Å²) in [6, 6.07) is 15.6. The highest BCUT2D eigenvalue weighted by atomic mass is 31.0. The van der Waals surface area contributed by atoms with Crippen molar-refractivity contribution in [2.45, 2.75) is 12.8 Å². The Morgan fingerprint density at radius 3 is 2.63 bits per heavy atom. The summed E-state index contributed by atoms with van der Waals surface area (Å²) in [5.41, 5.74) is 2.80. The largest absolute Gasteiger partial charge is 0.123 e. The highest BCUT2D eigenvalue weighted by Gasteiger charge is 2.10. The van der Waals surface area contributed by atoms with Crippen molar-refractivity contribution in [3.63, 3.8) is 0 Å². The van der Waals surface area contributed by atoms with Gasteiger partial charge < -0.3 is 0 Å². The lowest BCUT2D eigenvalue weighted by Crippen LogP contribution is -1.86. The molecule has 0 saturated carbocycles. The van der Waals surface area contributed by atoms with Gasteiger partial charge in [0.15, 0.2) is 0 Å². The van der Waals surface area contributed by atoms with E-state index in [1.54, 1.807) is 0 Å². The lowest BCUT2D eigenvalue weighted by atomic mass is 9.95. The summed E-state index contributed by atoms with van der Waals surface area (Å²) in [5.74, 6) is 0. The number of allylic oxidation sites excluding steroid dienone is 4. The Balaban J connectivity index is 2.10. The van der Waals surface area contributed by atoms with E-state index in [0.29, 0.717) is 0 Å². The van der Waals surface area contributed by atoms with Crippen molar-refractivity contribution in [1.29, 1.82) is 0 Å². The monoisotopic (exact) mass is 262 g/mol. The van der Waals surface area contributed by atoms with Crippen LogP contribution in [0.2, 0.25) is 0 Å². The predicted molar refractivity (Wildman–Crippen MR) is 87.3 cm³/mol. The van der Waals surface area contributed by atoms with Gasteiger partial charge >= 0.3 is 0 Å². The molecule has 0 radical (unpaired) electrons. The van der Waals surface area contributed by atoms with Crippen molar-refractivity contribution in [1.82, 2.24) is 0 Å². The van der Waals surface area contributed by atoms with Gasteiger partial charge in [0.1, 0.15) is 0 Å². The molecule has 1 unspecified atom stereocenters. The Hall–Kier alpha value is -1.78. The molecule has 0 aliphatic heterocycles. The van der Waals surface area contributed by atoms with Gasteiger partial charge in [-0.3, -0.25) is 0 Å². The minimum absolute atomic E-state index is 0.810. The molecule has 0 bridgehead atoms. The molecule has 0 spiro atoms. The molecule has 0 amide bonds. The number of fused-ring (bicyclic) bond motifs is 3. The Morgan fingerprint density at radius 2 is 1.74 bits per heavy atom. The Bertz CT molecular complexity index is 818. The van der Waals surface area contributed by atoms with Crippen LogP contribution in [0.1, 0.15) is 18.4 Å². The summed E-state index contributed by atoms with van der Waals surface area (Å²) >= 11 is 0. The fourth-order valence-electron chi connectivity index (χ4n) is 2.96. The first-order chi connectivity index (χ1) is 9.43. The van der Waals surface area contributed by atoms with Crippen LogP contribution in [0.3, 0.4) is 0 Å². The lowest BCUT2D eigenvalue weighted by molar-refractivity contribution is 1.04. The van der Waals surface area contributed by atoms with Gasteiger partial charge in [-0.15, -0.1) is 8.19 Å². The van der Waals surface area contributed by atoms with Gasteiger partial charge in [-0.25, -0.2) is 0 Å². The zero-order valence-electron chi connectivity index (χ0n) is 10.7. The molecule has 1 aliphatic rings. The Labute approximate surface area is 114 Å². The molecule has 1 atom stereocenters. The Kier molecular flexibility index (Phi) is 2.57. The highest BCUT2D eigenvalue weighted by Crippen LogP contribution is 2.41. The third-order valence-corrected chi connectivity index (χ3v) is 5.23. The van der Waals surface area contributed by atoms with Crippen molar-refractivity contribution < 1.29 is 0 Å². The van der Waals surface area contributed by atoms with Gasteiger partial charge in [0.2, 0.25) is 0 Å². The van der Waals surface area contributed by atoms with Crippen molar-refractivity contribution in [2.24, 2.45) is 0 Å². The molecular weight excluding hydrogens is 247 g/mol. The predicted octanol–water partition coefficient (Wildman–Crippen LogP) is 5.76. The summed E-state index contributed by atoms with van der Waals surface area (Å²) in [7, 11) is 0.810. The van der Waals surface area contributed by atoms with E-state index >= 15 is 0 Å². The van der Waals surface area contributed by atoms with Gasteiger partial charge in [0.25, 0.3) is 0 Å². The molecule has 2 aromatic carbocycles. The average Bonchev–Trinajstić information content (AvgIpc) is 2.86. The summed E-state index contributed by atoms with van der Waals surface area (Å²) in [4.78, 5) is 0. The van der Waals surface area contributed by atoms with Crippen LogP contribution in [0.15, 0.2) is 60.7 Å². The molecular formula is C18H15P. The van der Waals surface area contributed by atoms with Crippen LogP contribution in [-0.4, -0.2) is 0 Å². The molecule has 0 nitrogen and oxygen atoms in total. The van der Waals surface area contributed by atoms with E-state index in [0.717, 1.165) is 8.19 Å². The number of hydrogen-bond donors (Lipinski definition) is 0. The van der Waals surface area contributed by atoms with E-state index in [1.165, 1.54) is 45.0 Å². The summed E-state index contributed by atoms with van der Waals surface area (Å²) in [5, 5.41) is 5.89. The second-order valence-electron chi connectivity index (χ2n) is 5.04. The van der Waals surface area contributed by atoms with Crippen LogP contribution in [0.4, 0.5) is 0 Å². The molecule has 1 heterocycles. The van der Waals surface area contributed by atoms with E-state index in [-0.39, 0.29) is 0 Å². The molecule has 0 fully saturated rings. The minimum atomic E-state index is 0.810. The molecule has 0 N–H and O–H groups in total. The normalized spacial score (nSPS) is 15.5. The Morgan fingerprint density at radius 1 is 0.842 bits per heavy atom. The van der Waals surface area contributed by atoms with Crippen LogP contribution in [0.25, 0.3) is 26.6 Å². The van der Waals surface area contributed by atoms with Crippen LogP contribution in [-0.2, 0) is 0 Å². The quantitative estimate of drug-likeness (QED) is 0.523. The summed E-state index contributed by atoms with van der Waals surface area (Å²) in [6.45, 7) is 0. The smallest absolute Gasteiger partial charge is 0.00137 e. The first-order valence-corrected chi connectivity index (χ1v) is 7.80. The van der Waals surface area contributed by atoms with E-state index in [2.05, 4.69) is 60.7 Å². The van der Waals surface area contributed by atoms with Gasteiger partial charge in [0, 0.05) is 10.5 Å². The summed E-state index contributed by atoms with van der Waals surface area (Å²) < 4.78 is 0. The van der Waals surface area contributed by atoms with Crippen LogP contribution in [0, 0.1) is 0 Å². The van der Waals surface area contributed by atoms with Gasteiger partial charge in [-0.05, 0) is 34.5 Å². The van der Waals surface area contributed by atoms with Gasteiger partial charge in [0.05, 0.1) is 0 Å². The molecule has 0 saturated heterocycles. The van der Waals surface area contributed by atoms with Crippen LogP contribution in [0.5, 0.6) is 0 Å². The maximum atomic E-state index is 2.37. The SMILES string of the molecule is C1=CC(c2cccc3[pH]c4ccccc4c23)=CCC1. The molecule has 19 heavy (non-hydrogen) atoms. The van der Waals surface area contributed by atoms with Gasteiger partial charge in [-0.2, -0.15) is 0 Å². The van der Waals surface area contributed by atoms with E-state index in [9.17, 15) is 0 Å². The standard InChI is InChI=1S/C18H15P/c1-2-7-13(8-3-1)14-10-6-12-17-18(14)15-9-4-5-11-16(15)19-17/h2,4-12,19H,1,3H2. The van der Waals surface area contributed by atoms with E-state index in [4.69, 9.17) is 0 Å². The maximum Gasteiger partial charge on any atom is 0.00137 e. The van der Waals surface area contributed by atoms with Crippen molar-refractivity contribution in [3.8, 4) is 0 Å². The average molecular weight is 262 g/mol. The zero-order chi connectivity index (χ0) is 12.7. The molecule has 1 aliphatic carbocycles. The maximum absolute atomic E-state index is 2.37. The van der Waals surface area contributed by atoms with Crippen molar-refractivity contribution in [2.75, 3.05) is 0 Å². The molecule has 1 aromatic heterocycles. The molecule has 92 valence electrons. The fourth-order valence-corrected chi connectivity index (χ4v) is 4.34. The zero-order valence-corrected chi connectivity index (χ0v) is 11.7. The third kappa shape index (κ3) is 1.76. The number of rotatable bonds is 1. The second-order valence-corrected chi connectivity index (χ2v) is 6.37. The van der Waals surface area contributed by atoms with E-state index in [1.807, 2.05) is 0 Å². The topological polar surface area (TPSA) is 0 Å². The third-order valence-electron chi connectivity index (χ3n) is 3.84. The van der Waals surface area contributed by atoms with Crippen molar-refractivity contribution in [3.05, 3.63) is 66.3 Å². The molecule has 1 heteroatoms. The van der Waals surface area contributed by atoms with Crippen molar-refractivity contribution >= 4 is 34.8 Å². The van der Waals surface area contributed by atoms with E-state index < -0.39 is 0 Å². The lowest BCUT2D eigenvalue weighted by Gasteiger charge is -2.09. The fraction of sp³-hybridized carbons (Fsp3) is 0.111. The number of hydrogen-bond acceptors (Lipinski definition) is 0. The first kappa shape index (κ1) is 11.1. The second kappa shape index (κ2) is 4.40. The molecule has 4 rings (SSSR count). The first-order valence-electron chi connectivity index (χ1n) is 6.80. The molecule has 3 aromatic rings. The van der Waals surface area contributed by atoms with Crippen LogP contribution < -0.4 is 0 Å².